The lowest BCUT2D eigenvalue weighted by molar-refractivity contribution is 0.154. The molecule has 0 radical (unpaired) electrons. The second-order valence-corrected chi connectivity index (χ2v) is 4.75. The Morgan fingerprint density at radius 3 is 2.81 bits per heavy atom. The van der Waals surface area contributed by atoms with Crippen LogP contribution in [-0.4, -0.2) is 31.1 Å². The van der Waals surface area contributed by atoms with Gasteiger partial charge in [0.25, 0.3) is 0 Å². The largest absolute Gasteiger partial charge is 0.453 e. The number of furan rings is 1. The van der Waals surface area contributed by atoms with Crippen LogP contribution in [0.2, 0.25) is 0 Å². The van der Waals surface area contributed by atoms with Gasteiger partial charge in [-0.05, 0) is 34.5 Å². The summed E-state index contributed by atoms with van der Waals surface area (Å²) in [5.41, 5.74) is 0. The van der Waals surface area contributed by atoms with E-state index in [1.807, 2.05) is 18.2 Å². The molecule has 88 valence electrons. The summed E-state index contributed by atoms with van der Waals surface area (Å²) in [5, 5.41) is 3.36. The summed E-state index contributed by atoms with van der Waals surface area (Å²) in [6.07, 6.45) is 2.89. The van der Waals surface area contributed by atoms with Crippen molar-refractivity contribution >= 4 is 15.9 Å². The minimum absolute atomic E-state index is 0.325. The first-order chi connectivity index (χ1) is 7.81. The minimum atomic E-state index is 0.325. The molecule has 4 heteroatoms. The molecule has 0 amide bonds. The molecule has 1 saturated heterocycles. The molecular weight excluding hydrogens is 268 g/mol. The Labute approximate surface area is 105 Å². The summed E-state index contributed by atoms with van der Waals surface area (Å²) < 4.78 is 6.46. The highest BCUT2D eigenvalue weighted by atomic mass is 79.9. The van der Waals surface area contributed by atoms with E-state index in [2.05, 4.69) is 32.7 Å². The molecule has 2 rings (SSSR count). The summed E-state index contributed by atoms with van der Waals surface area (Å²) in [7, 11) is 0. The molecule has 1 fully saturated rings. The number of rotatable bonds is 4. The number of nitrogens with zero attached hydrogens (tertiary/aromatic N) is 1. The lowest BCUT2D eigenvalue weighted by Gasteiger charge is -2.33. The maximum atomic E-state index is 5.66. The molecular formula is C12H17BrN2O. The van der Waals surface area contributed by atoms with Gasteiger partial charge in [-0.2, -0.15) is 0 Å². The van der Waals surface area contributed by atoms with Crippen LogP contribution in [0.5, 0.6) is 0 Å². The quantitative estimate of drug-likeness (QED) is 0.862. The van der Waals surface area contributed by atoms with Crippen LogP contribution in [-0.2, 0) is 0 Å². The minimum Gasteiger partial charge on any atom is -0.453 e. The van der Waals surface area contributed by atoms with Gasteiger partial charge in [-0.3, -0.25) is 4.90 Å². The van der Waals surface area contributed by atoms with E-state index in [1.54, 1.807) is 0 Å². The van der Waals surface area contributed by atoms with E-state index in [0.717, 1.165) is 43.0 Å². The van der Waals surface area contributed by atoms with Crippen molar-refractivity contribution in [2.45, 2.75) is 12.5 Å². The average Bonchev–Trinajstić information content (AvgIpc) is 2.74. The molecule has 1 aliphatic heterocycles. The Bertz CT molecular complexity index is 345. The van der Waals surface area contributed by atoms with Gasteiger partial charge in [-0.15, -0.1) is 6.58 Å². The highest BCUT2D eigenvalue weighted by molar-refractivity contribution is 9.10. The second kappa shape index (κ2) is 5.66. The van der Waals surface area contributed by atoms with Gasteiger partial charge in [0.1, 0.15) is 5.76 Å². The van der Waals surface area contributed by atoms with E-state index in [0.29, 0.717) is 6.04 Å². The van der Waals surface area contributed by atoms with Crippen LogP contribution in [0.1, 0.15) is 18.2 Å². The van der Waals surface area contributed by atoms with E-state index in [1.165, 1.54) is 0 Å². The normalized spacial score (nSPS) is 19.6. The van der Waals surface area contributed by atoms with Crippen LogP contribution in [0.3, 0.4) is 0 Å². The van der Waals surface area contributed by atoms with Crippen molar-refractivity contribution in [2.75, 3.05) is 26.2 Å². The first-order valence-corrected chi connectivity index (χ1v) is 6.41. The highest BCUT2D eigenvalue weighted by Crippen LogP contribution is 2.28. The van der Waals surface area contributed by atoms with Crippen molar-refractivity contribution in [1.82, 2.24) is 10.2 Å². The summed E-state index contributed by atoms with van der Waals surface area (Å²) in [6, 6.07) is 4.32. The highest BCUT2D eigenvalue weighted by Gasteiger charge is 2.23. The SMILES string of the molecule is C=CC[C@@H](c1ccc(Br)o1)N1CCNCC1. The summed E-state index contributed by atoms with van der Waals surface area (Å²) in [6.45, 7) is 8.07. The maximum absolute atomic E-state index is 5.66. The Morgan fingerprint density at radius 2 is 2.25 bits per heavy atom. The van der Waals surface area contributed by atoms with E-state index in [-0.39, 0.29) is 0 Å². The van der Waals surface area contributed by atoms with Crippen molar-refractivity contribution in [2.24, 2.45) is 0 Å². The van der Waals surface area contributed by atoms with Crippen LogP contribution in [0.4, 0.5) is 0 Å². The summed E-state index contributed by atoms with van der Waals surface area (Å²) in [4.78, 5) is 2.45. The first-order valence-electron chi connectivity index (χ1n) is 5.62. The maximum Gasteiger partial charge on any atom is 0.169 e. The fraction of sp³-hybridized carbons (Fsp3) is 0.500. The van der Waals surface area contributed by atoms with Crippen LogP contribution in [0.15, 0.2) is 33.9 Å². The molecule has 3 nitrogen and oxygen atoms in total. The van der Waals surface area contributed by atoms with Crippen molar-refractivity contribution in [1.29, 1.82) is 0 Å². The van der Waals surface area contributed by atoms with Crippen LogP contribution >= 0.6 is 15.9 Å². The predicted octanol–water partition coefficient (Wildman–Crippen LogP) is 2.56. The second-order valence-electron chi connectivity index (χ2n) is 3.97. The fourth-order valence-corrected chi connectivity index (χ4v) is 2.42. The Morgan fingerprint density at radius 1 is 1.50 bits per heavy atom. The Hall–Kier alpha value is -0.580. The van der Waals surface area contributed by atoms with Crippen LogP contribution < -0.4 is 5.32 Å². The topological polar surface area (TPSA) is 28.4 Å². The number of hydrogen-bond donors (Lipinski definition) is 1. The molecule has 0 aromatic carbocycles. The van der Waals surface area contributed by atoms with Gasteiger partial charge in [0.15, 0.2) is 4.67 Å². The molecule has 0 spiro atoms. The van der Waals surface area contributed by atoms with E-state index in [4.69, 9.17) is 4.42 Å². The van der Waals surface area contributed by atoms with Gasteiger partial charge in [0.05, 0.1) is 6.04 Å². The number of halogens is 1. The van der Waals surface area contributed by atoms with Gasteiger partial charge < -0.3 is 9.73 Å². The van der Waals surface area contributed by atoms with Gasteiger partial charge in [-0.1, -0.05) is 6.08 Å². The Kier molecular flexibility index (Phi) is 4.21. The van der Waals surface area contributed by atoms with Crippen LogP contribution in [0, 0.1) is 0 Å². The average molecular weight is 285 g/mol. The smallest absolute Gasteiger partial charge is 0.169 e. The van der Waals surface area contributed by atoms with E-state index < -0.39 is 0 Å². The third-order valence-electron chi connectivity index (χ3n) is 2.90. The van der Waals surface area contributed by atoms with Crippen molar-refractivity contribution < 1.29 is 4.42 Å². The first kappa shape index (κ1) is 11.9. The molecule has 0 unspecified atom stereocenters. The third-order valence-corrected chi connectivity index (χ3v) is 3.33. The van der Waals surface area contributed by atoms with Crippen molar-refractivity contribution in [3.63, 3.8) is 0 Å². The van der Waals surface area contributed by atoms with E-state index in [9.17, 15) is 0 Å². The van der Waals surface area contributed by atoms with Gasteiger partial charge in [0, 0.05) is 26.2 Å². The molecule has 1 aliphatic rings. The molecule has 16 heavy (non-hydrogen) atoms. The zero-order valence-electron chi connectivity index (χ0n) is 9.29. The number of piperazine rings is 1. The standard InChI is InChI=1S/C12H17BrN2O/c1-2-3-10(11-4-5-12(13)16-11)15-8-6-14-7-9-15/h2,4-5,10,14H,1,3,6-9H2/t10-/m0/s1. The summed E-state index contributed by atoms with van der Waals surface area (Å²) in [5.74, 6) is 1.02. The monoisotopic (exact) mass is 284 g/mol. The molecule has 0 aliphatic carbocycles. The molecule has 1 atom stereocenters. The van der Waals surface area contributed by atoms with E-state index >= 15 is 0 Å². The van der Waals surface area contributed by atoms with Gasteiger partial charge in [0.2, 0.25) is 0 Å². The summed E-state index contributed by atoms with van der Waals surface area (Å²) >= 11 is 3.35. The van der Waals surface area contributed by atoms with Crippen molar-refractivity contribution in [3.05, 3.63) is 35.2 Å². The lowest BCUT2D eigenvalue weighted by Crippen LogP contribution is -2.45. The van der Waals surface area contributed by atoms with Gasteiger partial charge in [-0.25, -0.2) is 0 Å². The number of nitrogens with one attached hydrogen (secondary N) is 1. The Balaban J connectivity index is 2.12. The van der Waals surface area contributed by atoms with Crippen LogP contribution in [0.25, 0.3) is 0 Å². The van der Waals surface area contributed by atoms with Gasteiger partial charge >= 0.3 is 0 Å². The molecule has 0 saturated carbocycles. The number of hydrogen-bond acceptors (Lipinski definition) is 3. The molecule has 1 aromatic rings. The zero-order chi connectivity index (χ0) is 11.4. The molecule has 1 aromatic heterocycles. The molecule has 1 N–H and O–H groups in total. The third kappa shape index (κ3) is 2.75. The molecule has 2 heterocycles. The fourth-order valence-electron chi connectivity index (χ4n) is 2.10. The zero-order valence-corrected chi connectivity index (χ0v) is 10.9. The predicted molar refractivity (Wildman–Crippen MR) is 68.4 cm³/mol. The molecule has 0 bridgehead atoms. The lowest BCUT2D eigenvalue weighted by atomic mass is 10.1. The van der Waals surface area contributed by atoms with Crippen molar-refractivity contribution in [3.8, 4) is 0 Å².